The zero-order valence-corrected chi connectivity index (χ0v) is 16.2. The zero-order chi connectivity index (χ0) is 20.3. The largest absolute Gasteiger partial charge is 0.495 e. The molecule has 0 radical (unpaired) electrons. The topological polar surface area (TPSA) is 87.7 Å². The van der Waals surface area contributed by atoms with Crippen LogP contribution in [0.4, 0.5) is 17.1 Å². The number of methoxy groups -OCH3 is 1. The van der Waals surface area contributed by atoms with Crippen molar-refractivity contribution in [3.63, 3.8) is 0 Å². The van der Waals surface area contributed by atoms with Crippen molar-refractivity contribution in [3.05, 3.63) is 47.5 Å². The summed E-state index contributed by atoms with van der Waals surface area (Å²) < 4.78 is 5.20. The molecule has 2 aromatic rings. The number of hydrogen-bond donors (Lipinski definition) is 2. The lowest BCUT2D eigenvalue weighted by Crippen LogP contribution is -2.28. The van der Waals surface area contributed by atoms with Crippen molar-refractivity contribution in [1.29, 1.82) is 0 Å². The maximum atomic E-state index is 12.7. The van der Waals surface area contributed by atoms with Gasteiger partial charge in [0.25, 0.3) is 0 Å². The molecule has 1 heterocycles. The van der Waals surface area contributed by atoms with E-state index in [2.05, 4.69) is 10.6 Å². The Hall–Kier alpha value is -3.06. The van der Waals surface area contributed by atoms with Gasteiger partial charge in [-0.1, -0.05) is 17.7 Å². The third-order valence-electron chi connectivity index (χ3n) is 4.39. The summed E-state index contributed by atoms with van der Waals surface area (Å²) in [5.74, 6) is -0.651. The van der Waals surface area contributed by atoms with Gasteiger partial charge in [-0.15, -0.1) is 0 Å². The Bertz CT molecular complexity index is 931. The van der Waals surface area contributed by atoms with Gasteiger partial charge >= 0.3 is 0 Å². The first-order chi connectivity index (χ1) is 13.4. The van der Waals surface area contributed by atoms with Crippen LogP contribution >= 0.6 is 11.6 Å². The molecule has 1 aliphatic rings. The van der Waals surface area contributed by atoms with Crippen LogP contribution in [0, 0.1) is 5.92 Å². The fourth-order valence-electron chi connectivity index (χ4n) is 3.09. The highest BCUT2D eigenvalue weighted by Crippen LogP contribution is 2.30. The Balaban J connectivity index is 1.71. The number of anilines is 3. The molecule has 2 aromatic carbocycles. The molecule has 1 aliphatic heterocycles. The molecule has 0 spiro atoms. The maximum absolute atomic E-state index is 12.7. The van der Waals surface area contributed by atoms with Crippen molar-refractivity contribution in [2.24, 2.45) is 5.92 Å². The zero-order valence-electron chi connectivity index (χ0n) is 15.5. The first kappa shape index (κ1) is 19.7. The van der Waals surface area contributed by atoms with Crippen molar-refractivity contribution < 1.29 is 19.1 Å². The number of amides is 3. The molecule has 3 amide bonds. The predicted octanol–water partition coefficient (Wildman–Crippen LogP) is 3.30. The number of ether oxygens (including phenoxy) is 1. The standard InChI is InChI=1S/C20H20ClN3O4/c1-12(25)22-17-10-15(6-7-18(17)28-2)23-20(27)13-8-19(26)24(11-13)16-5-3-4-14(21)9-16/h3-7,9-10,13H,8,11H2,1-2H3,(H,22,25)(H,23,27). The van der Waals surface area contributed by atoms with Crippen LogP contribution in [0.25, 0.3) is 0 Å². The highest BCUT2D eigenvalue weighted by molar-refractivity contribution is 6.31. The Labute approximate surface area is 167 Å². The van der Waals surface area contributed by atoms with E-state index in [4.69, 9.17) is 16.3 Å². The van der Waals surface area contributed by atoms with Crippen molar-refractivity contribution in [2.75, 3.05) is 29.2 Å². The van der Waals surface area contributed by atoms with E-state index in [1.54, 1.807) is 47.4 Å². The third kappa shape index (κ3) is 4.43. The maximum Gasteiger partial charge on any atom is 0.229 e. The summed E-state index contributed by atoms with van der Waals surface area (Å²) >= 11 is 6.00. The minimum atomic E-state index is -0.488. The van der Waals surface area contributed by atoms with Crippen LogP contribution in [0.5, 0.6) is 5.75 Å². The molecule has 1 unspecified atom stereocenters. The SMILES string of the molecule is COc1ccc(NC(=O)C2CC(=O)N(c3cccc(Cl)c3)C2)cc1NC(C)=O. The first-order valence-electron chi connectivity index (χ1n) is 8.70. The van der Waals surface area contributed by atoms with Gasteiger partial charge in [-0.05, 0) is 36.4 Å². The van der Waals surface area contributed by atoms with Gasteiger partial charge in [0.1, 0.15) is 5.75 Å². The van der Waals surface area contributed by atoms with E-state index >= 15 is 0 Å². The van der Waals surface area contributed by atoms with Gasteiger partial charge in [-0.2, -0.15) is 0 Å². The van der Waals surface area contributed by atoms with E-state index in [-0.39, 0.29) is 30.7 Å². The van der Waals surface area contributed by atoms with Gasteiger partial charge in [-0.25, -0.2) is 0 Å². The minimum Gasteiger partial charge on any atom is -0.495 e. The monoisotopic (exact) mass is 401 g/mol. The molecule has 7 nitrogen and oxygen atoms in total. The number of hydrogen-bond acceptors (Lipinski definition) is 4. The quantitative estimate of drug-likeness (QED) is 0.804. The molecule has 1 fully saturated rings. The smallest absolute Gasteiger partial charge is 0.229 e. The van der Waals surface area contributed by atoms with E-state index in [1.807, 2.05) is 0 Å². The average Bonchev–Trinajstić information content (AvgIpc) is 3.03. The molecule has 0 saturated carbocycles. The highest BCUT2D eigenvalue weighted by Gasteiger charge is 2.35. The highest BCUT2D eigenvalue weighted by atomic mass is 35.5. The molecule has 1 atom stereocenters. The van der Waals surface area contributed by atoms with E-state index < -0.39 is 5.92 Å². The van der Waals surface area contributed by atoms with E-state index in [0.717, 1.165) is 0 Å². The lowest BCUT2D eigenvalue weighted by molar-refractivity contribution is -0.122. The Morgan fingerprint density at radius 2 is 1.96 bits per heavy atom. The van der Waals surface area contributed by atoms with Crippen LogP contribution in [0.2, 0.25) is 5.02 Å². The number of nitrogens with one attached hydrogen (secondary N) is 2. The van der Waals surface area contributed by atoms with Crippen molar-refractivity contribution in [1.82, 2.24) is 0 Å². The van der Waals surface area contributed by atoms with E-state index in [9.17, 15) is 14.4 Å². The lowest BCUT2D eigenvalue weighted by atomic mass is 10.1. The summed E-state index contributed by atoms with van der Waals surface area (Å²) in [5.41, 5.74) is 1.63. The lowest BCUT2D eigenvalue weighted by Gasteiger charge is -2.17. The fourth-order valence-corrected chi connectivity index (χ4v) is 3.28. The first-order valence-corrected chi connectivity index (χ1v) is 9.07. The van der Waals surface area contributed by atoms with E-state index in [1.165, 1.54) is 14.0 Å². The van der Waals surface area contributed by atoms with Gasteiger partial charge in [0.05, 0.1) is 18.7 Å². The summed E-state index contributed by atoms with van der Waals surface area (Å²) in [6.07, 6.45) is 0.118. The van der Waals surface area contributed by atoms with Crippen molar-refractivity contribution in [2.45, 2.75) is 13.3 Å². The van der Waals surface area contributed by atoms with Crippen LogP contribution in [0.3, 0.4) is 0 Å². The summed E-state index contributed by atoms with van der Waals surface area (Å²) in [5, 5.41) is 5.99. The normalized spacial score (nSPS) is 16.0. The summed E-state index contributed by atoms with van der Waals surface area (Å²) in [6, 6.07) is 11.9. The molecule has 3 rings (SSSR count). The third-order valence-corrected chi connectivity index (χ3v) is 4.63. The van der Waals surface area contributed by atoms with Crippen molar-refractivity contribution in [3.8, 4) is 5.75 Å². The van der Waals surface area contributed by atoms with Crippen molar-refractivity contribution >= 4 is 46.4 Å². The second-order valence-electron chi connectivity index (χ2n) is 6.47. The van der Waals surface area contributed by atoms with Crippen LogP contribution < -0.4 is 20.3 Å². The molecule has 0 aromatic heterocycles. The molecule has 8 heteroatoms. The van der Waals surface area contributed by atoms with Crippen LogP contribution in [-0.4, -0.2) is 31.4 Å². The fraction of sp³-hybridized carbons (Fsp3) is 0.250. The minimum absolute atomic E-state index is 0.118. The number of halogens is 1. The average molecular weight is 402 g/mol. The molecule has 28 heavy (non-hydrogen) atoms. The van der Waals surface area contributed by atoms with Crippen LogP contribution in [0.15, 0.2) is 42.5 Å². The van der Waals surface area contributed by atoms with Crippen LogP contribution in [0.1, 0.15) is 13.3 Å². The Kier molecular flexibility index (Phi) is 5.84. The molecular formula is C20H20ClN3O4. The van der Waals surface area contributed by atoms with Gasteiger partial charge in [0.15, 0.2) is 0 Å². The van der Waals surface area contributed by atoms with Gasteiger partial charge in [0, 0.05) is 36.3 Å². The summed E-state index contributed by atoms with van der Waals surface area (Å²) in [6.45, 7) is 1.67. The predicted molar refractivity (Wildman–Crippen MR) is 108 cm³/mol. The molecular weight excluding hydrogens is 382 g/mol. The second kappa shape index (κ2) is 8.31. The van der Waals surface area contributed by atoms with Gasteiger partial charge in [-0.3, -0.25) is 14.4 Å². The van der Waals surface area contributed by atoms with Gasteiger partial charge in [0.2, 0.25) is 17.7 Å². The molecule has 1 saturated heterocycles. The summed E-state index contributed by atoms with van der Waals surface area (Å²) in [4.78, 5) is 37.9. The Morgan fingerprint density at radius 1 is 1.18 bits per heavy atom. The number of carbonyl (C=O) groups is 3. The molecule has 146 valence electrons. The second-order valence-corrected chi connectivity index (χ2v) is 6.91. The Morgan fingerprint density at radius 3 is 2.64 bits per heavy atom. The number of rotatable bonds is 5. The number of nitrogens with zero attached hydrogens (tertiary/aromatic N) is 1. The molecule has 0 bridgehead atoms. The molecule has 0 aliphatic carbocycles. The van der Waals surface area contributed by atoms with E-state index in [0.29, 0.717) is 27.8 Å². The summed E-state index contributed by atoms with van der Waals surface area (Å²) in [7, 11) is 1.49. The number of carbonyl (C=O) groups excluding carboxylic acids is 3. The molecule has 2 N–H and O–H groups in total. The van der Waals surface area contributed by atoms with Crippen LogP contribution in [-0.2, 0) is 14.4 Å². The number of benzene rings is 2. The van der Waals surface area contributed by atoms with Gasteiger partial charge < -0.3 is 20.3 Å².